The second-order valence-electron chi connectivity index (χ2n) is 5.22. The predicted molar refractivity (Wildman–Crippen MR) is 53.2 cm³/mol. The van der Waals surface area contributed by atoms with Crippen molar-refractivity contribution in [3.63, 3.8) is 0 Å². The zero-order valence-corrected chi connectivity index (χ0v) is 8.81. The summed E-state index contributed by atoms with van der Waals surface area (Å²) in [5, 5.41) is 2.88. The SMILES string of the molecule is CC(C)(C)CCNC(=O)C1(N)CC1. The zero-order valence-electron chi connectivity index (χ0n) is 8.81. The maximum atomic E-state index is 11.4. The number of carbonyl (C=O) groups excluding carboxylic acids is 1. The average Bonchev–Trinajstić information content (AvgIpc) is 2.66. The first kappa shape index (κ1) is 10.5. The van der Waals surface area contributed by atoms with Crippen molar-refractivity contribution < 1.29 is 4.79 Å². The third kappa shape index (κ3) is 3.35. The summed E-state index contributed by atoms with van der Waals surface area (Å²) in [6.07, 6.45) is 2.68. The van der Waals surface area contributed by atoms with Gasteiger partial charge in [-0.3, -0.25) is 4.79 Å². The van der Waals surface area contributed by atoms with Gasteiger partial charge in [-0.05, 0) is 24.7 Å². The van der Waals surface area contributed by atoms with Gasteiger partial charge in [0.25, 0.3) is 0 Å². The Labute approximate surface area is 80.1 Å². The van der Waals surface area contributed by atoms with Crippen LogP contribution in [0, 0.1) is 5.41 Å². The van der Waals surface area contributed by atoms with Gasteiger partial charge < -0.3 is 11.1 Å². The van der Waals surface area contributed by atoms with Gasteiger partial charge >= 0.3 is 0 Å². The van der Waals surface area contributed by atoms with E-state index >= 15 is 0 Å². The Kier molecular flexibility index (Phi) is 2.66. The van der Waals surface area contributed by atoms with Crippen molar-refractivity contribution in [3.8, 4) is 0 Å². The van der Waals surface area contributed by atoms with Crippen LogP contribution >= 0.6 is 0 Å². The zero-order chi connectivity index (χ0) is 10.1. The minimum absolute atomic E-state index is 0.0248. The number of hydrogen-bond acceptors (Lipinski definition) is 2. The summed E-state index contributed by atoms with van der Waals surface area (Å²) in [5.74, 6) is 0.0248. The van der Waals surface area contributed by atoms with Crippen LogP contribution in [0.1, 0.15) is 40.0 Å². The highest BCUT2D eigenvalue weighted by Gasteiger charge is 2.45. The molecular weight excluding hydrogens is 164 g/mol. The normalized spacial score (nSPS) is 19.7. The van der Waals surface area contributed by atoms with Gasteiger partial charge in [-0.1, -0.05) is 20.8 Å². The Morgan fingerprint density at radius 1 is 1.46 bits per heavy atom. The van der Waals surface area contributed by atoms with E-state index in [0.717, 1.165) is 25.8 Å². The molecule has 0 spiro atoms. The molecule has 1 saturated carbocycles. The molecule has 0 bridgehead atoms. The van der Waals surface area contributed by atoms with Crippen LogP contribution in [-0.4, -0.2) is 18.0 Å². The largest absolute Gasteiger partial charge is 0.354 e. The summed E-state index contributed by atoms with van der Waals surface area (Å²) in [4.78, 5) is 11.4. The lowest BCUT2D eigenvalue weighted by Gasteiger charge is -2.19. The highest BCUT2D eigenvalue weighted by molar-refractivity contribution is 5.88. The van der Waals surface area contributed by atoms with E-state index < -0.39 is 5.54 Å². The molecule has 3 N–H and O–H groups in total. The monoisotopic (exact) mass is 184 g/mol. The molecule has 0 atom stereocenters. The lowest BCUT2D eigenvalue weighted by atomic mass is 9.92. The first-order valence-electron chi connectivity index (χ1n) is 4.91. The van der Waals surface area contributed by atoms with Crippen molar-refractivity contribution in [2.75, 3.05) is 6.54 Å². The first-order chi connectivity index (χ1) is 5.83. The summed E-state index contributed by atoms with van der Waals surface area (Å²) in [6.45, 7) is 7.22. The molecule has 1 rings (SSSR count). The van der Waals surface area contributed by atoms with Crippen molar-refractivity contribution >= 4 is 5.91 Å². The maximum absolute atomic E-state index is 11.4. The van der Waals surface area contributed by atoms with Crippen LogP contribution < -0.4 is 11.1 Å². The van der Waals surface area contributed by atoms with Gasteiger partial charge in [-0.2, -0.15) is 0 Å². The smallest absolute Gasteiger partial charge is 0.240 e. The lowest BCUT2D eigenvalue weighted by molar-refractivity contribution is -0.123. The van der Waals surface area contributed by atoms with E-state index in [4.69, 9.17) is 5.73 Å². The predicted octanol–water partition coefficient (Wildman–Crippen LogP) is 1.03. The van der Waals surface area contributed by atoms with E-state index in [-0.39, 0.29) is 11.3 Å². The third-order valence-corrected chi connectivity index (χ3v) is 2.40. The van der Waals surface area contributed by atoms with Crippen LogP contribution in [-0.2, 0) is 4.79 Å². The molecule has 13 heavy (non-hydrogen) atoms. The summed E-state index contributed by atoms with van der Waals surface area (Å²) in [5.41, 5.74) is 5.49. The number of nitrogens with two attached hydrogens (primary N) is 1. The van der Waals surface area contributed by atoms with Crippen molar-refractivity contribution in [1.82, 2.24) is 5.32 Å². The molecule has 3 heteroatoms. The van der Waals surface area contributed by atoms with E-state index in [9.17, 15) is 4.79 Å². The van der Waals surface area contributed by atoms with Crippen LogP contribution in [0.25, 0.3) is 0 Å². The summed E-state index contributed by atoms with van der Waals surface area (Å²) in [6, 6.07) is 0. The number of hydrogen-bond donors (Lipinski definition) is 2. The summed E-state index contributed by atoms with van der Waals surface area (Å²) in [7, 11) is 0. The molecule has 76 valence electrons. The van der Waals surface area contributed by atoms with Crippen molar-refractivity contribution in [2.24, 2.45) is 11.1 Å². The van der Waals surface area contributed by atoms with E-state index in [1.165, 1.54) is 0 Å². The molecule has 0 aromatic heterocycles. The maximum Gasteiger partial charge on any atom is 0.240 e. The number of amides is 1. The fraction of sp³-hybridized carbons (Fsp3) is 0.900. The number of carbonyl (C=O) groups is 1. The van der Waals surface area contributed by atoms with Gasteiger partial charge in [0.2, 0.25) is 5.91 Å². The molecule has 0 radical (unpaired) electrons. The molecule has 3 nitrogen and oxygen atoms in total. The Morgan fingerprint density at radius 2 is 2.00 bits per heavy atom. The van der Waals surface area contributed by atoms with Crippen molar-refractivity contribution in [2.45, 2.75) is 45.6 Å². The molecule has 0 heterocycles. The summed E-state index contributed by atoms with van der Waals surface area (Å²) < 4.78 is 0. The van der Waals surface area contributed by atoms with Gasteiger partial charge in [0, 0.05) is 6.54 Å². The minimum atomic E-state index is -0.516. The topological polar surface area (TPSA) is 55.1 Å². The van der Waals surface area contributed by atoms with Gasteiger partial charge in [-0.25, -0.2) is 0 Å². The highest BCUT2D eigenvalue weighted by atomic mass is 16.2. The molecule has 0 unspecified atom stereocenters. The van der Waals surface area contributed by atoms with Crippen LogP contribution in [0.4, 0.5) is 0 Å². The van der Waals surface area contributed by atoms with E-state index in [1.807, 2.05) is 0 Å². The number of nitrogens with one attached hydrogen (secondary N) is 1. The molecule has 0 saturated heterocycles. The highest BCUT2D eigenvalue weighted by Crippen LogP contribution is 2.32. The fourth-order valence-electron chi connectivity index (χ4n) is 1.09. The standard InChI is InChI=1S/C10H20N2O/c1-9(2,3)6-7-12-8(13)10(11)4-5-10/h4-7,11H2,1-3H3,(H,12,13). The Morgan fingerprint density at radius 3 is 2.38 bits per heavy atom. The Hall–Kier alpha value is -0.570. The van der Waals surface area contributed by atoms with Gasteiger partial charge in [-0.15, -0.1) is 0 Å². The Balaban J connectivity index is 2.16. The van der Waals surface area contributed by atoms with Gasteiger partial charge in [0.1, 0.15) is 0 Å². The van der Waals surface area contributed by atoms with E-state index in [1.54, 1.807) is 0 Å². The molecule has 0 aromatic carbocycles. The molecule has 0 aliphatic heterocycles. The van der Waals surface area contributed by atoms with Gasteiger partial charge in [0.15, 0.2) is 0 Å². The molecule has 1 fully saturated rings. The van der Waals surface area contributed by atoms with Crippen molar-refractivity contribution in [3.05, 3.63) is 0 Å². The van der Waals surface area contributed by atoms with Crippen LogP contribution in [0.5, 0.6) is 0 Å². The Bertz CT molecular complexity index is 201. The van der Waals surface area contributed by atoms with Crippen molar-refractivity contribution in [1.29, 1.82) is 0 Å². The summed E-state index contributed by atoms with van der Waals surface area (Å²) >= 11 is 0. The number of rotatable bonds is 3. The first-order valence-corrected chi connectivity index (χ1v) is 4.91. The average molecular weight is 184 g/mol. The van der Waals surface area contributed by atoms with Gasteiger partial charge in [0.05, 0.1) is 5.54 Å². The van der Waals surface area contributed by atoms with E-state index in [0.29, 0.717) is 0 Å². The molecule has 1 aliphatic rings. The quantitative estimate of drug-likeness (QED) is 0.688. The van der Waals surface area contributed by atoms with Crippen LogP contribution in [0.15, 0.2) is 0 Å². The molecular formula is C10H20N2O. The van der Waals surface area contributed by atoms with Crippen LogP contribution in [0.3, 0.4) is 0 Å². The van der Waals surface area contributed by atoms with Crippen LogP contribution in [0.2, 0.25) is 0 Å². The molecule has 1 amide bonds. The van der Waals surface area contributed by atoms with E-state index in [2.05, 4.69) is 26.1 Å². The molecule has 1 aliphatic carbocycles. The third-order valence-electron chi connectivity index (χ3n) is 2.40. The fourth-order valence-corrected chi connectivity index (χ4v) is 1.09. The molecule has 0 aromatic rings. The second-order valence-corrected chi connectivity index (χ2v) is 5.22. The second kappa shape index (κ2) is 3.29. The lowest BCUT2D eigenvalue weighted by Crippen LogP contribution is -2.43. The minimum Gasteiger partial charge on any atom is -0.354 e.